The Kier molecular flexibility index (Phi) is 9.77. The third kappa shape index (κ3) is 7.07. The molecule has 0 spiro atoms. The fraction of sp³-hybridized carbons (Fsp3) is 0.129. The second kappa shape index (κ2) is 15.7. The molecule has 2 aliphatic heterocycles. The summed E-state index contributed by atoms with van der Waals surface area (Å²) in [5, 5.41) is 0. The summed E-state index contributed by atoms with van der Waals surface area (Å²) in [6, 6.07) is 79.1. The van der Waals surface area contributed by atoms with Crippen LogP contribution in [0.25, 0.3) is 44.5 Å². The molecule has 0 aliphatic carbocycles. The van der Waals surface area contributed by atoms with Gasteiger partial charge in [-0.15, -0.1) is 0 Å². The largest absolute Gasteiger partial charge is 0.311 e. The number of hydrogen-bond donors (Lipinski definition) is 0. The highest BCUT2D eigenvalue weighted by Crippen LogP contribution is 2.49. The van der Waals surface area contributed by atoms with Crippen molar-refractivity contribution in [2.24, 2.45) is 0 Å². The first kappa shape index (κ1) is 40.4. The van der Waals surface area contributed by atoms with Gasteiger partial charge in [-0.3, -0.25) is 0 Å². The quantitative estimate of drug-likeness (QED) is 0.154. The Morgan fingerprint density at radius 2 is 0.785 bits per heavy atom. The van der Waals surface area contributed by atoms with Crippen LogP contribution in [0.4, 0.5) is 34.1 Å². The Hall–Kier alpha value is -7.36. The van der Waals surface area contributed by atoms with Crippen molar-refractivity contribution < 1.29 is 0 Å². The van der Waals surface area contributed by atoms with Gasteiger partial charge in [0, 0.05) is 34.0 Å². The van der Waals surface area contributed by atoms with Gasteiger partial charge in [0.05, 0.1) is 5.69 Å². The van der Waals surface area contributed by atoms with E-state index < -0.39 is 0 Å². The summed E-state index contributed by atoms with van der Waals surface area (Å²) < 4.78 is 0. The highest BCUT2D eigenvalue weighted by molar-refractivity contribution is 7.00. The van der Waals surface area contributed by atoms with Crippen LogP contribution >= 0.6 is 0 Å². The fourth-order valence-electron chi connectivity index (χ4n) is 10.3. The minimum atomic E-state index is -0.132. The summed E-state index contributed by atoms with van der Waals surface area (Å²) in [7, 11) is 0. The molecule has 9 aromatic carbocycles. The second-order valence-electron chi connectivity index (χ2n) is 19.8. The lowest BCUT2D eigenvalue weighted by molar-refractivity contribution is 0.590. The maximum absolute atomic E-state index is 2.58. The molecule has 0 saturated heterocycles. The molecule has 0 N–H and O–H groups in total. The van der Waals surface area contributed by atoms with E-state index >= 15 is 0 Å². The summed E-state index contributed by atoms with van der Waals surface area (Å²) in [5.41, 5.74) is 23.3. The van der Waals surface area contributed by atoms with Crippen molar-refractivity contribution in [2.45, 2.75) is 52.4 Å². The van der Waals surface area contributed by atoms with Crippen molar-refractivity contribution in [3.8, 4) is 44.5 Å². The van der Waals surface area contributed by atoms with E-state index in [1.54, 1.807) is 0 Å². The van der Waals surface area contributed by atoms with Crippen molar-refractivity contribution in [1.29, 1.82) is 0 Å². The number of hydrogen-bond acceptors (Lipinski definition) is 2. The van der Waals surface area contributed by atoms with E-state index in [2.05, 4.69) is 264 Å². The monoisotopic (exact) mass is 836 g/mol. The highest BCUT2D eigenvalue weighted by atomic mass is 15.2. The van der Waals surface area contributed by atoms with Crippen molar-refractivity contribution in [3.63, 3.8) is 0 Å². The lowest BCUT2D eigenvalue weighted by Crippen LogP contribution is -2.61. The third-order valence-electron chi connectivity index (χ3n) is 13.5. The zero-order valence-corrected chi connectivity index (χ0v) is 38.2. The van der Waals surface area contributed by atoms with Crippen molar-refractivity contribution >= 4 is 57.2 Å². The minimum absolute atomic E-state index is 0.0309. The second-order valence-corrected chi connectivity index (χ2v) is 19.8. The van der Waals surface area contributed by atoms with E-state index in [0.29, 0.717) is 0 Å². The maximum atomic E-state index is 2.58. The van der Waals surface area contributed by atoms with Crippen LogP contribution in [-0.4, -0.2) is 6.71 Å². The van der Waals surface area contributed by atoms with Gasteiger partial charge in [0.1, 0.15) is 0 Å². The predicted molar refractivity (Wildman–Crippen MR) is 280 cm³/mol. The number of nitrogens with zero attached hydrogens (tertiary/aromatic N) is 2. The zero-order chi connectivity index (χ0) is 44.5. The van der Waals surface area contributed by atoms with E-state index in [4.69, 9.17) is 0 Å². The highest BCUT2D eigenvalue weighted by Gasteiger charge is 2.45. The molecule has 0 radical (unpaired) electrons. The Morgan fingerprint density at radius 3 is 1.40 bits per heavy atom. The van der Waals surface area contributed by atoms with Crippen LogP contribution in [0.2, 0.25) is 0 Å². The normalized spacial score (nSPS) is 13.0. The molecule has 0 unspecified atom stereocenters. The van der Waals surface area contributed by atoms with E-state index in [1.165, 1.54) is 94.8 Å². The first-order chi connectivity index (χ1) is 31.5. The number of anilines is 6. The van der Waals surface area contributed by atoms with Gasteiger partial charge in [-0.1, -0.05) is 211 Å². The summed E-state index contributed by atoms with van der Waals surface area (Å²) in [6.45, 7) is 14.0. The molecule has 2 nitrogen and oxygen atoms in total. The molecular weight excluding hydrogens is 784 g/mol. The van der Waals surface area contributed by atoms with Crippen LogP contribution in [-0.2, 0) is 10.8 Å². The average molecular weight is 837 g/mol. The molecule has 0 fully saturated rings. The van der Waals surface area contributed by atoms with Gasteiger partial charge in [0.15, 0.2) is 0 Å². The average Bonchev–Trinajstić information content (AvgIpc) is 3.34. The van der Waals surface area contributed by atoms with Crippen molar-refractivity contribution in [2.75, 3.05) is 9.80 Å². The Morgan fingerprint density at radius 1 is 0.323 bits per heavy atom. The molecule has 3 heteroatoms. The summed E-state index contributed by atoms with van der Waals surface area (Å²) >= 11 is 0. The van der Waals surface area contributed by atoms with Crippen LogP contribution in [0.1, 0.15) is 52.7 Å². The topological polar surface area (TPSA) is 6.48 Å². The van der Waals surface area contributed by atoms with E-state index in [9.17, 15) is 0 Å². The van der Waals surface area contributed by atoms with Gasteiger partial charge in [-0.25, -0.2) is 0 Å². The molecule has 9 aromatic rings. The molecule has 0 saturated carbocycles. The predicted octanol–water partition coefficient (Wildman–Crippen LogP) is 15.0. The summed E-state index contributed by atoms with van der Waals surface area (Å²) in [4.78, 5) is 5.14. The van der Waals surface area contributed by atoms with Gasteiger partial charge < -0.3 is 9.80 Å². The number of fused-ring (bicyclic) bond motifs is 4. The molecule has 2 heterocycles. The SMILES string of the molecule is CC(C)(C)c1cc2c3c(c1)N(c1ccccc1-c1ccccc1)c1ccc(-c4ccccc4)cc1B3c1cc(-c3ccccc3C(C)(C)C)ccc1N2c1ccc(-c2ccccc2)cc1. The Labute approximate surface area is 385 Å². The van der Waals surface area contributed by atoms with Gasteiger partial charge >= 0.3 is 0 Å². The fourth-order valence-corrected chi connectivity index (χ4v) is 10.3. The first-order valence-corrected chi connectivity index (χ1v) is 23.0. The molecule has 0 bridgehead atoms. The van der Waals surface area contributed by atoms with Crippen LogP contribution in [0.3, 0.4) is 0 Å². The van der Waals surface area contributed by atoms with Crippen LogP contribution < -0.4 is 26.2 Å². The van der Waals surface area contributed by atoms with Gasteiger partial charge in [-0.05, 0) is 120 Å². The molecule has 0 aromatic heterocycles. The maximum Gasteiger partial charge on any atom is 0.252 e. The van der Waals surface area contributed by atoms with Crippen molar-refractivity contribution in [1.82, 2.24) is 0 Å². The van der Waals surface area contributed by atoms with Crippen LogP contribution in [0.15, 0.2) is 212 Å². The van der Waals surface area contributed by atoms with Crippen LogP contribution in [0.5, 0.6) is 0 Å². The molecule has 65 heavy (non-hydrogen) atoms. The number of para-hydroxylation sites is 1. The summed E-state index contributed by atoms with van der Waals surface area (Å²) in [6.07, 6.45) is 0. The Bertz CT molecular complexity index is 3210. The third-order valence-corrected chi connectivity index (χ3v) is 13.5. The minimum Gasteiger partial charge on any atom is -0.311 e. The number of benzene rings is 9. The molecule has 314 valence electrons. The van der Waals surface area contributed by atoms with Gasteiger partial charge in [-0.2, -0.15) is 0 Å². The van der Waals surface area contributed by atoms with Crippen LogP contribution in [0, 0.1) is 0 Å². The molecule has 2 aliphatic rings. The zero-order valence-electron chi connectivity index (χ0n) is 38.2. The lowest BCUT2D eigenvalue weighted by atomic mass is 9.33. The first-order valence-electron chi connectivity index (χ1n) is 23.0. The van der Waals surface area contributed by atoms with Gasteiger partial charge in [0.25, 0.3) is 6.71 Å². The van der Waals surface area contributed by atoms with Crippen molar-refractivity contribution in [3.05, 3.63) is 223 Å². The van der Waals surface area contributed by atoms with Gasteiger partial charge in [0.2, 0.25) is 0 Å². The molecule has 11 rings (SSSR count). The number of rotatable bonds is 6. The van der Waals surface area contributed by atoms with E-state index in [0.717, 1.165) is 11.4 Å². The summed E-state index contributed by atoms with van der Waals surface area (Å²) in [5.74, 6) is 0. The molecule has 0 amide bonds. The van der Waals surface area contributed by atoms with E-state index in [1.807, 2.05) is 0 Å². The van der Waals surface area contributed by atoms with E-state index in [-0.39, 0.29) is 17.5 Å². The molecule has 0 atom stereocenters. The smallest absolute Gasteiger partial charge is 0.252 e. The molecular formula is C62H53BN2. The lowest BCUT2D eigenvalue weighted by Gasteiger charge is -2.45. The standard InChI is InChI=1S/C62H53BN2/c1-61(2,3)48-40-58-60-59(41-48)65(55-29-19-17-27-51(55)45-24-14-9-15-25-45)57-36-32-46(43-22-12-8-13-23-43)38-53(57)63(60)54-39-47(50-26-16-18-28-52(50)62(4,5)6)33-37-56(54)64(58)49-34-30-44(31-35-49)42-20-10-7-11-21-42/h7-41H,1-6H3. The Balaban J connectivity index is 1.25.